The molecule has 1 aliphatic rings. The molecule has 0 aliphatic carbocycles. The van der Waals surface area contributed by atoms with Gasteiger partial charge in [0.2, 0.25) is 5.91 Å². The van der Waals surface area contributed by atoms with Crippen LogP contribution in [0.1, 0.15) is 13.3 Å². The smallest absolute Gasteiger partial charge is 0.344 e. The standard InChI is InChI=1S/C10H13F3N2O/c1-2-3-5-15-8(16)9(10(11,12)13)4-6-14-7-9/h14H,4-7H2,1H3,(H,15,16). The molecule has 3 nitrogen and oxygen atoms in total. The molecule has 1 fully saturated rings. The number of halogens is 3. The lowest BCUT2D eigenvalue weighted by Gasteiger charge is -2.28. The molecule has 1 amide bonds. The fourth-order valence-corrected chi connectivity index (χ4v) is 1.64. The molecule has 90 valence electrons. The second-order valence-corrected chi connectivity index (χ2v) is 3.62. The molecular formula is C10H13F3N2O. The van der Waals surface area contributed by atoms with E-state index < -0.39 is 17.5 Å². The lowest BCUT2D eigenvalue weighted by Crippen LogP contribution is -2.52. The monoisotopic (exact) mass is 234 g/mol. The molecule has 1 saturated heterocycles. The Bertz CT molecular complexity index is 321. The molecule has 1 heterocycles. The van der Waals surface area contributed by atoms with Crippen LogP contribution in [0, 0.1) is 17.3 Å². The summed E-state index contributed by atoms with van der Waals surface area (Å²) < 4.78 is 38.5. The Hall–Kier alpha value is -1.22. The summed E-state index contributed by atoms with van der Waals surface area (Å²) in [4.78, 5) is 11.5. The minimum atomic E-state index is -4.53. The molecule has 0 aromatic heterocycles. The van der Waals surface area contributed by atoms with E-state index in [0.29, 0.717) is 0 Å². The lowest BCUT2D eigenvalue weighted by atomic mass is 9.85. The number of alkyl halides is 3. The first-order chi connectivity index (χ1) is 7.44. The van der Waals surface area contributed by atoms with Crippen LogP contribution >= 0.6 is 0 Å². The summed E-state index contributed by atoms with van der Waals surface area (Å²) in [5.74, 6) is 4.01. The number of hydrogen-bond donors (Lipinski definition) is 2. The van der Waals surface area contributed by atoms with Crippen molar-refractivity contribution in [3.63, 3.8) is 0 Å². The molecule has 0 saturated carbocycles. The molecule has 1 unspecified atom stereocenters. The van der Waals surface area contributed by atoms with Crippen LogP contribution in [0.4, 0.5) is 13.2 Å². The van der Waals surface area contributed by atoms with E-state index in [0.717, 1.165) is 0 Å². The number of nitrogens with one attached hydrogen (secondary N) is 2. The molecule has 2 N–H and O–H groups in total. The Morgan fingerprint density at radius 2 is 2.25 bits per heavy atom. The summed E-state index contributed by atoms with van der Waals surface area (Å²) in [5.41, 5.74) is -2.29. The first kappa shape index (κ1) is 12.8. The average Bonchev–Trinajstić information content (AvgIpc) is 2.66. The zero-order valence-corrected chi connectivity index (χ0v) is 8.87. The number of carbonyl (C=O) groups is 1. The van der Waals surface area contributed by atoms with E-state index in [1.165, 1.54) is 0 Å². The first-order valence-corrected chi connectivity index (χ1v) is 4.89. The van der Waals surface area contributed by atoms with Crippen molar-refractivity contribution >= 4 is 5.91 Å². The van der Waals surface area contributed by atoms with Gasteiger partial charge in [0, 0.05) is 6.54 Å². The third-order valence-corrected chi connectivity index (χ3v) is 2.65. The van der Waals surface area contributed by atoms with Gasteiger partial charge >= 0.3 is 6.18 Å². The van der Waals surface area contributed by atoms with Crippen molar-refractivity contribution in [2.75, 3.05) is 19.6 Å². The fourth-order valence-electron chi connectivity index (χ4n) is 1.64. The van der Waals surface area contributed by atoms with E-state index in [1.807, 2.05) is 0 Å². The minimum absolute atomic E-state index is 0.0484. The highest BCUT2D eigenvalue weighted by molar-refractivity contribution is 5.84. The second-order valence-electron chi connectivity index (χ2n) is 3.62. The van der Waals surface area contributed by atoms with Gasteiger partial charge in [0.25, 0.3) is 0 Å². The van der Waals surface area contributed by atoms with Gasteiger partial charge in [0.05, 0.1) is 6.54 Å². The minimum Gasteiger partial charge on any atom is -0.344 e. The SMILES string of the molecule is CC#CCNC(=O)C1(C(F)(F)F)CCNC1. The molecule has 0 spiro atoms. The summed E-state index contributed by atoms with van der Waals surface area (Å²) >= 11 is 0. The van der Waals surface area contributed by atoms with E-state index in [9.17, 15) is 18.0 Å². The van der Waals surface area contributed by atoms with Crippen LogP contribution in [0.25, 0.3) is 0 Å². The van der Waals surface area contributed by atoms with Gasteiger partial charge in [-0.25, -0.2) is 0 Å². The Labute approximate surface area is 91.8 Å². The summed E-state index contributed by atoms with van der Waals surface area (Å²) in [5, 5.41) is 4.77. The largest absolute Gasteiger partial charge is 0.404 e. The normalized spacial score (nSPS) is 24.8. The highest BCUT2D eigenvalue weighted by Crippen LogP contribution is 2.43. The van der Waals surface area contributed by atoms with Gasteiger partial charge in [0.15, 0.2) is 5.41 Å². The number of carbonyl (C=O) groups excluding carboxylic acids is 1. The molecule has 16 heavy (non-hydrogen) atoms. The van der Waals surface area contributed by atoms with Crippen LogP contribution in [0.5, 0.6) is 0 Å². The first-order valence-electron chi connectivity index (χ1n) is 4.89. The molecular weight excluding hydrogens is 221 g/mol. The topological polar surface area (TPSA) is 41.1 Å². The molecule has 1 aliphatic heterocycles. The van der Waals surface area contributed by atoms with Crippen LogP contribution in [0.15, 0.2) is 0 Å². The predicted octanol–water partition coefficient (Wildman–Crippen LogP) is 0.668. The van der Waals surface area contributed by atoms with Gasteiger partial charge in [-0.05, 0) is 19.9 Å². The van der Waals surface area contributed by atoms with E-state index in [2.05, 4.69) is 22.5 Å². The van der Waals surface area contributed by atoms with Crippen LogP contribution in [0.3, 0.4) is 0 Å². The van der Waals surface area contributed by atoms with E-state index in [1.54, 1.807) is 6.92 Å². The molecule has 0 radical (unpaired) electrons. The van der Waals surface area contributed by atoms with Crippen molar-refractivity contribution in [1.82, 2.24) is 10.6 Å². The zero-order valence-electron chi connectivity index (χ0n) is 8.87. The third kappa shape index (κ3) is 2.30. The quantitative estimate of drug-likeness (QED) is 0.689. The summed E-state index contributed by atoms with van der Waals surface area (Å²) in [6.45, 7) is 1.35. The maximum atomic E-state index is 12.8. The number of rotatable bonds is 2. The van der Waals surface area contributed by atoms with Gasteiger partial charge < -0.3 is 10.6 Å². The van der Waals surface area contributed by atoms with Crippen LogP contribution < -0.4 is 10.6 Å². The highest BCUT2D eigenvalue weighted by atomic mass is 19.4. The number of amides is 1. The zero-order chi connectivity index (χ0) is 12.2. The number of hydrogen-bond acceptors (Lipinski definition) is 2. The van der Waals surface area contributed by atoms with Crippen molar-refractivity contribution < 1.29 is 18.0 Å². The van der Waals surface area contributed by atoms with E-state index >= 15 is 0 Å². The van der Waals surface area contributed by atoms with Gasteiger partial charge in [-0.3, -0.25) is 4.79 Å². The summed E-state index contributed by atoms with van der Waals surface area (Å²) in [7, 11) is 0. The molecule has 0 bridgehead atoms. The maximum absolute atomic E-state index is 12.8. The van der Waals surface area contributed by atoms with Gasteiger partial charge in [-0.15, -0.1) is 5.92 Å². The van der Waals surface area contributed by atoms with Crippen molar-refractivity contribution in [3.8, 4) is 11.8 Å². The van der Waals surface area contributed by atoms with Crippen LogP contribution in [-0.4, -0.2) is 31.7 Å². The highest BCUT2D eigenvalue weighted by Gasteiger charge is 2.61. The molecule has 1 rings (SSSR count). The Kier molecular flexibility index (Phi) is 3.81. The van der Waals surface area contributed by atoms with Gasteiger partial charge in [0.1, 0.15) is 0 Å². The lowest BCUT2D eigenvalue weighted by molar-refractivity contribution is -0.215. The van der Waals surface area contributed by atoms with Gasteiger partial charge in [-0.1, -0.05) is 5.92 Å². The Morgan fingerprint density at radius 1 is 1.56 bits per heavy atom. The fraction of sp³-hybridized carbons (Fsp3) is 0.700. The van der Waals surface area contributed by atoms with Crippen molar-refractivity contribution in [2.45, 2.75) is 19.5 Å². The van der Waals surface area contributed by atoms with Crippen molar-refractivity contribution in [2.24, 2.45) is 5.41 Å². The predicted molar refractivity (Wildman–Crippen MR) is 52.4 cm³/mol. The summed E-state index contributed by atoms with van der Waals surface area (Å²) in [6.07, 6.45) is -4.75. The molecule has 6 heteroatoms. The van der Waals surface area contributed by atoms with Gasteiger partial charge in [-0.2, -0.15) is 13.2 Å². The van der Waals surface area contributed by atoms with E-state index in [4.69, 9.17) is 0 Å². The Balaban J connectivity index is 2.77. The molecule has 0 aromatic carbocycles. The summed E-state index contributed by atoms with van der Waals surface area (Å²) in [6, 6.07) is 0. The van der Waals surface area contributed by atoms with E-state index in [-0.39, 0.29) is 26.1 Å². The van der Waals surface area contributed by atoms with Crippen molar-refractivity contribution in [3.05, 3.63) is 0 Å². The van der Waals surface area contributed by atoms with Crippen LogP contribution in [-0.2, 0) is 4.79 Å². The average molecular weight is 234 g/mol. The third-order valence-electron chi connectivity index (χ3n) is 2.65. The maximum Gasteiger partial charge on any atom is 0.404 e. The molecule has 0 aromatic rings. The van der Waals surface area contributed by atoms with Crippen LogP contribution in [0.2, 0.25) is 0 Å². The molecule has 1 atom stereocenters. The second kappa shape index (κ2) is 4.74. The Morgan fingerprint density at radius 3 is 2.69 bits per heavy atom. The van der Waals surface area contributed by atoms with Crippen molar-refractivity contribution in [1.29, 1.82) is 0 Å².